The average Bonchev–Trinajstić information content (AvgIpc) is 2.18. The van der Waals surface area contributed by atoms with Gasteiger partial charge in [-0.05, 0) is 44.1 Å². The molecule has 0 spiro atoms. The molecule has 0 aliphatic rings. The first kappa shape index (κ1) is 11.0. The van der Waals surface area contributed by atoms with Gasteiger partial charge in [0, 0.05) is 0 Å². The number of ether oxygens (including phenoxy) is 1. The average molecular weight is 197 g/mol. The van der Waals surface area contributed by atoms with Gasteiger partial charge in [0.2, 0.25) is 0 Å². The molecular formula is C11H16FNO. The lowest BCUT2D eigenvalue weighted by Gasteiger charge is -2.04. The largest absolute Gasteiger partial charge is 0.494 e. The Kier molecular flexibility index (Phi) is 4.40. The second-order valence-corrected chi connectivity index (χ2v) is 3.18. The number of methoxy groups -OCH3 is 1. The maximum Gasteiger partial charge on any atom is 0.165 e. The molecule has 78 valence electrons. The third kappa shape index (κ3) is 3.00. The van der Waals surface area contributed by atoms with Crippen LogP contribution in [-0.2, 0) is 6.42 Å². The Morgan fingerprint density at radius 2 is 2.21 bits per heavy atom. The van der Waals surface area contributed by atoms with E-state index in [1.54, 1.807) is 6.07 Å². The van der Waals surface area contributed by atoms with Crippen LogP contribution in [0.5, 0.6) is 5.75 Å². The van der Waals surface area contributed by atoms with Crippen LogP contribution in [0.1, 0.15) is 12.0 Å². The van der Waals surface area contributed by atoms with Crippen molar-refractivity contribution in [3.63, 3.8) is 0 Å². The van der Waals surface area contributed by atoms with Gasteiger partial charge in [0.05, 0.1) is 7.11 Å². The third-order valence-corrected chi connectivity index (χ3v) is 2.11. The predicted octanol–water partition coefficient (Wildman–Crippen LogP) is 1.99. The minimum Gasteiger partial charge on any atom is -0.494 e. The van der Waals surface area contributed by atoms with E-state index in [1.165, 1.54) is 13.2 Å². The molecule has 0 saturated carbocycles. The Labute approximate surface area is 84.1 Å². The molecule has 0 bridgehead atoms. The van der Waals surface area contributed by atoms with Crippen LogP contribution in [0.4, 0.5) is 4.39 Å². The number of aryl methyl sites for hydroxylation is 1. The fourth-order valence-corrected chi connectivity index (χ4v) is 1.33. The molecule has 0 fully saturated rings. The van der Waals surface area contributed by atoms with Crippen molar-refractivity contribution in [3.8, 4) is 5.75 Å². The van der Waals surface area contributed by atoms with Crippen molar-refractivity contribution in [3.05, 3.63) is 29.6 Å². The summed E-state index contributed by atoms with van der Waals surface area (Å²) in [4.78, 5) is 0. The fourth-order valence-electron chi connectivity index (χ4n) is 1.33. The number of hydrogen-bond donors (Lipinski definition) is 1. The summed E-state index contributed by atoms with van der Waals surface area (Å²) in [5, 5.41) is 3.06. The summed E-state index contributed by atoms with van der Waals surface area (Å²) >= 11 is 0. The van der Waals surface area contributed by atoms with Crippen molar-refractivity contribution in [2.24, 2.45) is 0 Å². The summed E-state index contributed by atoms with van der Waals surface area (Å²) in [6.45, 7) is 0.952. The van der Waals surface area contributed by atoms with Gasteiger partial charge in [0.1, 0.15) is 0 Å². The van der Waals surface area contributed by atoms with Crippen LogP contribution in [0.15, 0.2) is 18.2 Å². The Balaban J connectivity index is 2.57. The van der Waals surface area contributed by atoms with Crippen molar-refractivity contribution >= 4 is 0 Å². The highest BCUT2D eigenvalue weighted by atomic mass is 19.1. The van der Waals surface area contributed by atoms with E-state index in [9.17, 15) is 4.39 Å². The number of halogens is 1. The molecule has 0 radical (unpaired) electrons. The maximum atomic E-state index is 13.2. The monoisotopic (exact) mass is 197 g/mol. The highest BCUT2D eigenvalue weighted by Gasteiger charge is 2.02. The molecule has 1 N–H and O–H groups in total. The zero-order valence-corrected chi connectivity index (χ0v) is 8.64. The normalized spacial score (nSPS) is 10.2. The molecule has 14 heavy (non-hydrogen) atoms. The van der Waals surface area contributed by atoms with Crippen molar-refractivity contribution < 1.29 is 9.13 Å². The van der Waals surface area contributed by atoms with Gasteiger partial charge in [0.25, 0.3) is 0 Å². The number of hydrogen-bond acceptors (Lipinski definition) is 2. The van der Waals surface area contributed by atoms with Crippen molar-refractivity contribution in [2.45, 2.75) is 12.8 Å². The van der Waals surface area contributed by atoms with Crippen LogP contribution in [-0.4, -0.2) is 20.7 Å². The summed E-state index contributed by atoms with van der Waals surface area (Å²) < 4.78 is 18.1. The molecule has 0 aliphatic carbocycles. The van der Waals surface area contributed by atoms with Gasteiger partial charge in [-0.25, -0.2) is 4.39 Å². The molecule has 0 heterocycles. The molecule has 0 amide bonds. The van der Waals surface area contributed by atoms with E-state index in [0.717, 1.165) is 24.9 Å². The molecule has 0 aliphatic heterocycles. The number of benzene rings is 1. The summed E-state index contributed by atoms with van der Waals surface area (Å²) in [6.07, 6.45) is 1.91. The third-order valence-electron chi connectivity index (χ3n) is 2.11. The number of rotatable bonds is 5. The van der Waals surface area contributed by atoms with Gasteiger partial charge in [0.15, 0.2) is 11.6 Å². The molecule has 0 unspecified atom stereocenters. The van der Waals surface area contributed by atoms with Crippen LogP contribution < -0.4 is 10.1 Å². The van der Waals surface area contributed by atoms with E-state index >= 15 is 0 Å². The lowest BCUT2D eigenvalue weighted by atomic mass is 10.1. The smallest absolute Gasteiger partial charge is 0.165 e. The Morgan fingerprint density at radius 1 is 1.43 bits per heavy atom. The lowest BCUT2D eigenvalue weighted by molar-refractivity contribution is 0.386. The van der Waals surface area contributed by atoms with Crippen molar-refractivity contribution in [2.75, 3.05) is 20.7 Å². The Morgan fingerprint density at radius 3 is 2.79 bits per heavy atom. The van der Waals surface area contributed by atoms with Crippen LogP contribution in [0.3, 0.4) is 0 Å². The molecule has 2 nitrogen and oxygen atoms in total. The van der Waals surface area contributed by atoms with Gasteiger partial charge in [-0.3, -0.25) is 0 Å². The minimum absolute atomic E-state index is 0.283. The van der Waals surface area contributed by atoms with E-state index in [-0.39, 0.29) is 5.82 Å². The number of nitrogens with one attached hydrogen (secondary N) is 1. The van der Waals surface area contributed by atoms with Crippen LogP contribution in [0.25, 0.3) is 0 Å². The summed E-state index contributed by atoms with van der Waals surface area (Å²) in [5.41, 5.74) is 1.01. The first-order valence-electron chi connectivity index (χ1n) is 4.75. The predicted molar refractivity (Wildman–Crippen MR) is 55.2 cm³/mol. The van der Waals surface area contributed by atoms with E-state index in [4.69, 9.17) is 4.74 Å². The Hall–Kier alpha value is -1.09. The first-order valence-corrected chi connectivity index (χ1v) is 4.75. The molecule has 1 rings (SSSR count). The SMILES string of the molecule is CNCCCc1ccc(OC)c(F)c1. The fraction of sp³-hybridized carbons (Fsp3) is 0.455. The zero-order valence-electron chi connectivity index (χ0n) is 8.64. The summed E-state index contributed by atoms with van der Waals surface area (Å²) in [6, 6.07) is 5.11. The van der Waals surface area contributed by atoms with Crippen molar-refractivity contribution in [1.29, 1.82) is 0 Å². The van der Waals surface area contributed by atoms with Gasteiger partial charge in [-0.2, -0.15) is 0 Å². The van der Waals surface area contributed by atoms with Gasteiger partial charge in [-0.1, -0.05) is 6.07 Å². The van der Waals surface area contributed by atoms with E-state index < -0.39 is 0 Å². The zero-order chi connectivity index (χ0) is 10.4. The lowest BCUT2D eigenvalue weighted by Crippen LogP contribution is -2.08. The quantitative estimate of drug-likeness (QED) is 0.729. The van der Waals surface area contributed by atoms with Gasteiger partial charge in [-0.15, -0.1) is 0 Å². The second-order valence-electron chi connectivity index (χ2n) is 3.18. The van der Waals surface area contributed by atoms with Crippen molar-refractivity contribution in [1.82, 2.24) is 5.32 Å². The second kappa shape index (κ2) is 5.60. The Bertz CT molecular complexity index is 289. The van der Waals surface area contributed by atoms with Gasteiger partial charge < -0.3 is 10.1 Å². The highest BCUT2D eigenvalue weighted by molar-refractivity contribution is 5.29. The van der Waals surface area contributed by atoms with Crippen LogP contribution in [0.2, 0.25) is 0 Å². The molecular weight excluding hydrogens is 181 g/mol. The van der Waals surface area contributed by atoms with Gasteiger partial charge >= 0.3 is 0 Å². The molecule has 0 saturated heterocycles. The summed E-state index contributed by atoms with van der Waals surface area (Å²) in [5.74, 6) is 0.0248. The molecule has 3 heteroatoms. The molecule has 0 aromatic heterocycles. The van der Waals surface area contributed by atoms with E-state index in [2.05, 4.69) is 5.32 Å². The summed E-state index contributed by atoms with van der Waals surface area (Å²) in [7, 11) is 3.38. The topological polar surface area (TPSA) is 21.3 Å². The van der Waals surface area contributed by atoms with E-state index in [1.807, 2.05) is 13.1 Å². The van der Waals surface area contributed by atoms with Crippen LogP contribution >= 0.6 is 0 Å². The molecule has 0 atom stereocenters. The van der Waals surface area contributed by atoms with E-state index in [0.29, 0.717) is 5.75 Å². The first-order chi connectivity index (χ1) is 6.77. The minimum atomic E-state index is -0.283. The maximum absolute atomic E-state index is 13.2. The highest BCUT2D eigenvalue weighted by Crippen LogP contribution is 2.18. The standard InChI is InChI=1S/C11H16FNO/c1-13-7-3-4-9-5-6-11(14-2)10(12)8-9/h5-6,8,13H,3-4,7H2,1-2H3. The molecule has 1 aromatic carbocycles. The van der Waals surface area contributed by atoms with Crippen LogP contribution in [0, 0.1) is 5.82 Å². The molecule has 1 aromatic rings.